The molecule has 0 bridgehead atoms. The average molecular weight is 457 g/mol. The van der Waals surface area contributed by atoms with E-state index in [0.717, 1.165) is 62.4 Å². The van der Waals surface area contributed by atoms with E-state index in [9.17, 15) is 9.59 Å². The van der Waals surface area contributed by atoms with E-state index in [1.54, 1.807) is 11.3 Å². The lowest BCUT2D eigenvalue weighted by molar-refractivity contribution is -0.120. The quantitative estimate of drug-likeness (QED) is 0.647. The van der Waals surface area contributed by atoms with E-state index >= 15 is 0 Å². The molecule has 1 unspecified atom stereocenters. The van der Waals surface area contributed by atoms with E-state index in [-0.39, 0.29) is 24.3 Å². The van der Waals surface area contributed by atoms with Crippen LogP contribution in [0.3, 0.4) is 0 Å². The van der Waals surface area contributed by atoms with Gasteiger partial charge in [0, 0.05) is 48.7 Å². The van der Waals surface area contributed by atoms with Crippen molar-refractivity contribution in [2.24, 2.45) is 10.9 Å². The van der Waals surface area contributed by atoms with Crippen molar-refractivity contribution >= 4 is 34.4 Å². The Kier molecular flexibility index (Phi) is 8.57. The van der Waals surface area contributed by atoms with E-state index in [1.807, 2.05) is 32.2 Å². The molecule has 6 nitrogen and oxygen atoms in total. The van der Waals surface area contributed by atoms with Gasteiger partial charge in [0.05, 0.1) is 11.5 Å². The third-order valence-corrected chi connectivity index (χ3v) is 7.64. The van der Waals surface area contributed by atoms with Crippen LogP contribution in [0.2, 0.25) is 0 Å². The molecule has 0 spiro atoms. The fourth-order valence-corrected chi connectivity index (χ4v) is 5.54. The minimum atomic E-state index is -0.373. The van der Waals surface area contributed by atoms with Gasteiger partial charge in [-0.05, 0) is 71.3 Å². The molecular weight excluding hydrogens is 420 g/mol. The van der Waals surface area contributed by atoms with Crippen molar-refractivity contribution in [3.8, 4) is 0 Å². The zero-order valence-corrected chi connectivity index (χ0v) is 20.8. The van der Waals surface area contributed by atoms with Crippen LogP contribution in [0.15, 0.2) is 28.1 Å². The molecule has 0 saturated carbocycles. The van der Waals surface area contributed by atoms with Gasteiger partial charge in [-0.1, -0.05) is 11.6 Å². The Hall–Kier alpha value is -2.09. The summed E-state index contributed by atoms with van der Waals surface area (Å²) in [4.78, 5) is 35.2. The standard InChI is InChI=1S/C25H36N4O2S/c1-6-20(8-7-9-29-12-10-28(5)11-13-29)23-19(4)22(16-32-23)24(30)26-15-21-17(2)14-18(3)27-25(21)31/h6,14,16,21H,7-13,15H2,1-5H3,(H,26,30)/b20-6+. The summed E-state index contributed by atoms with van der Waals surface area (Å²) in [5.41, 5.74) is 4.71. The van der Waals surface area contributed by atoms with Crippen molar-refractivity contribution in [3.05, 3.63) is 39.1 Å². The first-order chi connectivity index (χ1) is 15.3. The normalized spacial score (nSPS) is 20.8. The maximum Gasteiger partial charge on any atom is 0.254 e. The van der Waals surface area contributed by atoms with Crippen LogP contribution in [-0.4, -0.2) is 73.6 Å². The molecule has 3 heterocycles. The minimum absolute atomic E-state index is 0.121. The highest BCUT2D eigenvalue weighted by Crippen LogP contribution is 2.31. The number of hydrogen-bond acceptors (Lipinski definition) is 5. The summed E-state index contributed by atoms with van der Waals surface area (Å²) in [5.74, 6) is -0.673. The first-order valence-corrected chi connectivity index (χ1v) is 12.4. The van der Waals surface area contributed by atoms with E-state index in [2.05, 4.69) is 40.2 Å². The Bertz CT molecular complexity index is 936. The number of carbonyl (C=O) groups is 2. The number of piperazine rings is 1. The van der Waals surface area contributed by atoms with Crippen LogP contribution < -0.4 is 5.32 Å². The van der Waals surface area contributed by atoms with Crippen LogP contribution in [0.5, 0.6) is 0 Å². The number of carbonyl (C=O) groups excluding carboxylic acids is 2. The topological polar surface area (TPSA) is 65.0 Å². The Morgan fingerprint density at radius 3 is 2.62 bits per heavy atom. The smallest absolute Gasteiger partial charge is 0.254 e. The third kappa shape index (κ3) is 6.03. The molecule has 1 aromatic heterocycles. The highest BCUT2D eigenvalue weighted by Gasteiger charge is 2.25. The van der Waals surface area contributed by atoms with E-state index < -0.39 is 0 Å². The first-order valence-electron chi connectivity index (χ1n) is 11.5. The summed E-state index contributed by atoms with van der Waals surface area (Å²) >= 11 is 1.64. The minimum Gasteiger partial charge on any atom is -0.351 e. The molecule has 32 heavy (non-hydrogen) atoms. The van der Waals surface area contributed by atoms with Crippen LogP contribution in [0.25, 0.3) is 5.57 Å². The van der Waals surface area contributed by atoms with Crippen molar-refractivity contribution in [1.29, 1.82) is 0 Å². The molecule has 0 aromatic carbocycles. The van der Waals surface area contributed by atoms with Gasteiger partial charge < -0.3 is 15.1 Å². The lowest BCUT2D eigenvalue weighted by Gasteiger charge is -2.32. The summed E-state index contributed by atoms with van der Waals surface area (Å²) in [6, 6.07) is 0. The number of hydrogen-bond donors (Lipinski definition) is 1. The van der Waals surface area contributed by atoms with Gasteiger partial charge in [-0.2, -0.15) is 0 Å². The van der Waals surface area contributed by atoms with Crippen LogP contribution in [0, 0.1) is 12.8 Å². The van der Waals surface area contributed by atoms with Gasteiger partial charge in [0.2, 0.25) is 0 Å². The molecule has 0 radical (unpaired) electrons. The molecule has 7 heteroatoms. The summed E-state index contributed by atoms with van der Waals surface area (Å²) in [7, 11) is 2.18. The molecule has 2 aliphatic rings. The molecule has 1 saturated heterocycles. The van der Waals surface area contributed by atoms with Gasteiger partial charge in [-0.3, -0.25) is 9.59 Å². The van der Waals surface area contributed by atoms with Crippen LogP contribution in [-0.2, 0) is 4.79 Å². The maximum absolute atomic E-state index is 12.9. The van der Waals surface area contributed by atoms with Gasteiger partial charge >= 0.3 is 0 Å². The SMILES string of the molecule is C/C=C(\CCCN1CCN(C)CC1)c1scc(C(=O)NCC2C(=O)N=C(C)C=C2C)c1C. The number of aliphatic imine (C=N–C) groups is 1. The Morgan fingerprint density at radius 2 is 1.97 bits per heavy atom. The lowest BCUT2D eigenvalue weighted by atomic mass is 9.95. The van der Waals surface area contributed by atoms with Gasteiger partial charge in [0.1, 0.15) is 0 Å². The molecule has 1 atom stereocenters. The Balaban J connectivity index is 1.55. The first kappa shape index (κ1) is 24.6. The van der Waals surface area contributed by atoms with E-state index in [0.29, 0.717) is 5.56 Å². The summed E-state index contributed by atoms with van der Waals surface area (Å²) in [6.07, 6.45) is 6.23. The van der Waals surface area contributed by atoms with Crippen LogP contribution >= 0.6 is 11.3 Å². The fourth-order valence-electron chi connectivity index (χ4n) is 4.36. The fraction of sp³-hybridized carbons (Fsp3) is 0.560. The number of thiophene rings is 1. The number of allylic oxidation sites excluding steroid dienone is 3. The summed E-state index contributed by atoms with van der Waals surface area (Å²) < 4.78 is 0. The second-order valence-electron chi connectivity index (χ2n) is 8.91. The highest BCUT2D eigenvalue weighted by atomic mass is 32.1. The number of nitrogens with one attached hydrogen (secondary N) is 1. The van der Waals surface area contributed by atoms with Gasteiger partial charge in [0.25, 0.3) is 11.8 Å². The van der Waals surface area contributed by atoms with Crippen molar-refractivity contribution in [2.45, 2.75) is 40.5 Å². The molecule has 2 aliphatic heterocycles. The van der Waals surface area contributed by atoms with E-state index in [1.165, 1.54) is 10.5 Å². The summed E-state index contributed by atoms with van der Waals surface area (Å²) in [6.45, 7) is 13.8. The zero-order valence-electron chi connectivity index (χ0n) is 20.0. The monoisotopic (exact) mass is 456 g/mol. The van der Waals surface area contributed by atoms with Crippen molar-refractivity contribution in [2.75, 3.05) is 46.3 Å². The van der Waals surface area contributed by atoms with Crippen LogP contribution in [0.4, 0.5) is 0 Å². The van der Waals surface area contributed by atoms with Crippen molar-refractivity contribution < 1.29 is 9.59 Å². The van der Waals surface area contributed by atoms with Gasteiger partial charge in [-0.25, -0.2) is 4.99 Å². The number of rotatable bonds is 8. The number of dihydropyridines is 1. The molecule has 1 fully saturated rings. The van der Waals surface area contributed by atoms with Crippen molar-refractivity contribution in [3.63, 3.8) is 0 Å². The van der Waals surface area contributed by atoms with Gasteiger partial charge in [-0.15, -0.1) is 11.3 Å². The molecule has 1 N–H and O–H groups in total. The summed E-state index contributed by atoms with van der Waals surface area (Å²) in [5, 5.41) is 4.89. The molecule has 174 valence electrons. The number of likely N-dealkylation sites (N-methyl/N-ethyl adjacent to an activating group) is 1. The van der Waals surface area contributed by atoms with E-state index in [4.69, 9.17) is 0 Å². The number of amides is 2. The second kappa shape index (κ2) is 11.2. The predicted molar refractivity (Wildman–Crippen MR) is 134 cm³/mol. The van der Waals surface area contributed by atoms with Gasteiger partial charge in [0.15, 0.2) is 0 Å². The zero-order chi connectivity index (χ0) is 23.3. The molecule has 3 rings (SSSR count). The molecule has 1 aromatic rings. The van der Waals surface area contributed by atoms with Crippen LogP contribution in [0.1, 0.15) is 54.4 Å². The van der Waals surface area contributed by atoms with Crippen molar-refractivity contribution in [1.82, 2.24) is 15.1 Å². The molecular formula is C25H36N4O2S. The largest absolute Gasteiger partial charge is 0.351 e. The Morgan fingerprint density at radius 1 is 1.25 bits per heavy atom. The predicted octanol–water partition coefficient (Wildman–Crippen LogP) is 3.78. The highest BCUT2D eigenvalue weighted by molar-refractivity contribution is 7.11. The molecule has 2 amide bonds. The third-order valence-electron chi connectivity index (χ3n) is 6.48. The molecule has 0 aliphatic carbocycles. The second-order valence-corrected chi connectivity index (χ2v) is 9.79. The Labute approximate surface area is 196 Å². The average Bonchev–Trinajstić information content (AvgIpc) is 3.13. The number of nitrogens with zero attached hydrogens (tertiary/aromatic N) is 3. The lowest BCUT2D eigenvalue weighted by Crippen LogP contribution is -2.44. The maximum atomic E-state index is 12.9.